The molecule has 0 aliphatic rings. The molecule has 6 heteroatoms. The van der Waals surface area contributed by atoms with E-state index in [9.17, 15) is 9.59 Å². The Bertz CT molecular complexity index is 1270. The third-order valence-corrected chi connectivity index (χ3v) is 5.25. The molecule has 28 heavy (non-hydrogen) atoms. The van der Waals surface area contributed by atoms with Crippen LogP contribution < -0.4 is 10.9 Å². The van der Waals surface area contributed by atoms with Crippen molar-refractivity contribution in [2.75, 3.05) is 5.32 Å². The zero-order valence-corrected chi connectivity index (χ0v) is 17.3. The van der Waals surface area contributed by atoms with Crippen LogP contribution in [-0.4, -0.2) is 5.91 Å². The summed E-state index contributed by atoms with van der Waals surface area (Å²) in [6, 6.07) is 21.4. The van der Waals surface area contributed by atoms with Gasteiger partial charge in [-0.1, -0.05) is 41.9 Å². The number of carbonyl (C=O) groups is 1. The summed E-state index contributed by atoms with van der Waals surface area (Å²) in [5.74, 6) is -0.314. The summed E-state index contributed by atoms with van der Waals surface area (Å²) in [5, 5.41) is 4.04. The van der Waals surface area contributed by atoms with E-state index in [0.29, 0.717) is 33.0 Å². The molecule has 0 spiro atoms. The first kappa shape index (κ1) is 18.7. The molecule has 0 aliphatic carbocycles. The summed E-state index contributed by atoms with van der Waals surface area (Å²) in [5.41, 5.74) is 2.15. The highest BCUT2D eigenvalue weighted by atomic mass is 127. The molecule has 1 amide bonds. The molecule has 4 aromatic rings. The van der Waals surface area contributed by atoms with Gasteiger partial charge in [-0.2, -0.15) is 0 Å². The third kappa shape index (κ3) is 3.81. The predicted molar refractivity (Wildman–Crippen MR) is 120 cm³/mol. The highest BCUT2D eigenvalue weighted by Crippen LogP contribution is 2.25. The average molecular weight is 502 g/mol. The molecule has 0 saturated carbocycles. The minimum atomic E-state index is -0.428. The first-order chi connectivity index (χ1) is 13.5. The molecule has 0 atom stereocenters. The van der Waals surface area contributed by atoms with Crippen LogP contribution in [0.2, 0.25) is 5.02 Å². The molecule has 0 aliphatic heterocycles. The summed E-state index contributed by atoms with van der Waals surface area (Å²) in [6.07, 6.45) is 0. The van der Waals surface area contributed by atoms with Crippen LogP contribution in [0, 0.1) is 3.57 Å². The van der Waals surface area contributed by atoms with Crippen molar-refractivity contribution < 1.29 is 9.21 Å². The van der Waals surface area contributed by atoms with Crippen molar-refractivity contribution in [1.82, 2.24) is 0 Å². The highest BCUT2D eigenvalue weighted by molar-refractivity contribution is 14.1. The zero-order valence-electron chi connectivity index (χ0n) is 14.4. The Labute approximate surface area is 179 Å². The molecule has 0 fully saturated rings. The van der Waals surface area contributed by atoms with E-state index in [4.69, 9.17) is 16.0 Å². The van der Waals surface area contributed by atoms with Gasteiger partial charge in [-0.3, -0.25) is 4.79 Å². The van der Waals surface area contributed by atoms with Gasteiger partial charge in [0.2, 0.25) is 0 Å². The van der Waals surface area contributed by atoms with Gasteiger partial charge in [-0.15, -0.1) is 0 Å². The molecule has 1 aromatic heterocycles. The number of para-hydroxylation sites is 1. The van der Waals surface area contributed by atoms with Gasteiger partial charge in [0.25, 0.3) is 5.91 Å². The largest absolute Gasteiger partial charge is 0.422 e. The van der Waals surface area contributed by atoms with Crippen molar-refractivity contribution in [3.05, 3.63) is 97.4 Å². The average Bonchev–Trinajstić information content (AvgIpc) is 2.69. The fourth-order valence-electron chi connectivity index (χ4n) is 2.90. The van der Waals surface area contributed by atoms with Crippen LogP contribution in [0.5, 0.6) is 0 Å². The molecule has 0 bridgehead atoms. The molecule has 0 radical (unpaired) electrons. The number of amides is 1. The van der Waals surface area contributed by atoms with Crippen molar-refractivity contribution in [1.29, 1.82) is 0 Å². The van der Waals surface area contributed by atoms with Crippen LogP contribution in [0.15, 0.2) is 82.0 Å². The molecule has 1 N–H and O–H groups in total. The van der Waals surface area contributed by atoms with E-state index >= 15 is 0 Å². The first-order valence-electron chi connectivity index (χ1n) is 8.41. The van der Waals surface area contributed by atoms with Gasteiger partial charge in [0.1, 0.15) is 5.58 Å². The summed E-state index contributed by atoms with van der Waals surface area (Å²) < 4.78 is 6.32. The monoisotopic (exact) mass is 501 g/mol. The van der Waals surface area contributed by atoms with E-state index < -0.39 is 5.63 Å². The Hall–Kier alpha value is -2.64. The van der Waals surface area contributed by atoms with Gasteiger partial charge in [-0.05, 0) is 70.6 Å². The molecule has 138 valence electrons. The van der Waals surface area contributed by atoms with Gasteiger partial charge < -0.3 is 9.73 Å². The number of fused-ring (bicyclic) bond motifs is 1. The number of hydrogen-bond donors (Lipinski definition) is 1. The molecular formula is C22H13ClINO3. The minimum Gasteiger partial charge on any atom is -0.422 e. The van der Waals surface area contributed by atoms with E-state index in [1.807, 2.05) is 24.3 Å². The van der Waals surface area contributed by atoms with Gasteiger partial charge in [0.15, 0.2) is 0 Å². The van der Waals surface area contributed by atoms with Crippen molar-refractivity contribution in [3.63, 3.8) is 0 Å². The lowest BCUT2D eigenvalue weighted by Crippen LogP contribution is -2.13. The maximum atomic E-state index is 12.6. The molecule has 0 unspecified atom stereocenters. The van der Waals surface area contributed by atoms with E-state index in [2.05, 4.69) is 27.9 Å². The smallest absolute Gasteiger partial charge is 0.344 e. The second-order valence-corrected chi connectivity index (χ2v) is 7.80. The SMILES string of the molecule is O=C(Nc1cccc(-c2cc3ccccc3oc2=O)c1)c1cc(I)ccc1Cl. The third-order valence-electron chi connectivity index (χ3n) is 4.25. The fraction of sp³-hybridized carbons (Fsp3) is 0. The summed E-state index contributed by atoms with van der Waals surface area (Å²) in [6.45, 7) is 0. The van der Waals surface area contributed by atoms with E-state index in [-0.39, 0.29) is 5.91 Å². The van der Waals surface area contributed by atoms with Crippen molar-refractivity contribution >= 4 is 56.8 Å². The lowest BCUT2D eigenvalue weighted by atomic mass is 10.1. The van der Waals surface area contributed by atoms with Crippen molar-refractivity contribution in [2.45, 2.75) is 0 Å². The maximum absolute atomic E-state index is 12.6. The highest BCUT2D eigenvalue weighted by Gasteiger charge is 2.13. The molecule has 3 aromatic carbocycles. The first-order valence-corrected chi connectivity index (χ1v) is 9.87. The van der Waals surface area contributed by atoms with Crippen LogP contribution in [0.3, 0.4) is 0 Å². The van der Waals surface area contributed by atoms with Crippen molar-refractivity contribution in [3.8, 4) is 11.1 Å². The van der Waals surface area contributed by atoms with Crippen molar-refractivity contribution in [2.24, 2.45) is 0 Å². The zero-order chi connectivity index (χ0) is 19.7. The minimum absolute atomic E-state index is 0.314. The number of nitrogens with one attached hydrogen (secondary N) is 1. The Morgan fingerprint density at radius 2 is 1.79 bits per heavy atom. The lowest BCUT2D eigenvalue weighted by Gasteiger charge is -2.09. The molecule has 1 heterocycles. The number of hydrogen-bond acceptors (Lipinski definition) is 3. The second kappa shape index (κ2) is 7.77. The van der Waals surface area contributed by atoms with Crippen LogP contribution in [-0.2, 0) is 0 Å². The summed E-state index contributed by atoms with van der Waals surface area (Å²) in [4.78, 5) is 25.0. The topological polar surface area (TPSA) is 59.3 Å². The molecule has 4 rings (SSSR count). The summed E-state index contributed by atoms with van der Waals surface area (Å²) in [7, 11) is 0. The quantitative estimate of drug-likeness (QED) is 0.278. The van der Waals surface area contributed by atoms with Crippen LogP contribution in [0.1, 0.15) is 10.4 Å². The van der Waals surface area contributed by atoms with Crippen LogP contribution in [0.4, 0.5) is 5.69 Å². The Kier molecular flexibility index (Phi) is 5.19. The fourth-order valence-corrected chi connectivity index (χ4v) is 3.59. The van der Waals surface area contributed by atoms with Gasteiger partial charge >= 0.3 is 5.63 Å². The number of carbonyl (C=O) groups excluding carboxylic acids is 1. The molecule has 0 saturated heterocycles. The standard InChI is InChI=1S/C22H13ClINO3/c23-19-9-8-15(24)12-18(19)21(26)25-16-6-3-5-13(10-16)17-11-14-4-1-2-7-20(14)28-22(17)27/h1-12H,(H,25,26). The maximum Gasteiger partial charge on any atom is 0.344 e. The van der Waals surface area contributed by atoms with Gasteiger partial charge in [0.05, 0.1) is 16.1 Å². The second-order valence-electron chi connectivity index (χ2n) is 6.14. The number of halogens is 2. The molecule has 4 nitrogen and oxygen atoms in total. The van der Waals surface area contributed by atoms with Crippen LogP contribution in [0.25, 0.3) is 22.1 Å². The van der Waals surface area contributed by atoms with E-state index in [0.717, 1.165) is 8.96 Å². The number of rotatable bonds is 3. The van der Waals surface area contributed by atoms with Crippen LogP contribution >= 0.6 is 34.2 Å². The number of benzene rings is 3. The molecular weight excluding hydrogens is 489 g/mol. The van der Waals surface area contributed by atoms with Gasteiger partial charge in [-0.25, -0.2) is 4.79 Å². The normalized spacial score (nSPS) is 10.8. The van der Waals surface area contributed by atoms with Gasteiger partial charge in [0, 0.05) is 14.6 Å². The van der Waals surface area contributed by atoms with E-state index in [1.165, 1.54) is 0 Å². The summed E-state index contributed by atoms with van der Waals surface area (Å²) >= 11 is 8.27. The lowest BCUT2D eigenvalue weighted by molar-refractivity contribution is 0.102. The predicted octanol–water partition coefficient (Wildman–Crippen LogP) is 5.97. The Morgan fingerprint density at radius 3 is 2.64 bits per heavy atom. The number of anilines is 1. The Morgan fingerprint density at radius 1 is 0.964 bits per heavy atom. The van der Waals surface area contributed by atoms with E-state index in [1.54, 1.807) is 48.5 Å². The Balaban J connectivity index is 1.69.